The summed E-state index contributed by atoms with van der Waals surface area (Å²) in [4.78, 5) is 12.8. The van der Waals surface area contributed by atoms with Crippen molar-refractivity contribution in [2.24, 2.45) is 5.41 Å². The number of carbonyl (C=O) groups is 1. The molecule has 1 aliphatic carbocycles. The molecule has 1 nitrogen and oxygen atoms in total. The minimum Gasteiger partial charge on any atom is -0.295 e. The van der Waals surface area contributed by atoms with Crippen LogP contribution in [-0.4, -0.2) is 5.78 Å². The van der Waals surface area contributed by atoms with Crippen molar-refractivity contribution in [3.8, 4) is 0 Å². The van der Waals surface area contributed by atoms with Crippen LogP contribution in [-0.2, 0) is 4.79 Å². The molecule has 0 saturated heterocycles. The minimum absolute atomic E-state index is 0.112. The van der Waals surface area contributed by atoms with E-state index in [-0.39, 0.29) is 11.2 Å². The molecule has 1 aliphatic rings. The molecule has 1 heterocycles. The summed E-state index contributed by atoms with van der Waals surface area (Å²) < 4.78 is 0. The van der Waals surface area contributed by atoms with Gasteiger partial charge in [0.15, 0.2) is 5.78 Å². The highest BCUT2D eigenvalue weighted by atomic mass is 32.1. The van der Waals surface area contributed by atoms with Gasteiger partial charge in [-0.1, -0.05) is 26.0 Å². The van der Waals surface area contributed by atoms with Gasteiger partial charge in [0, 0.05) is 11.3 Å². The Kier molecular flexibility index (Phi) is 3.10. The van der Waals surface area contributed by atoms with E-state index >= 15 is 0 Å². The predicted molar refractivity (Wildman–Crippen MR) is 69.5 cm³/mol. The van der Waals surface area contributed by atoms with Crippen LogP contribution in [0.1, 0.15) is 31.6 Å². The smallest absolute Gasteiger partial charge is 0.156 e. The topological polar surface area (TPSA) is 17.1 Å². The molecule has 0 amide bonds. The fourth-order valence-corrected chi connectivity index (χ4v) is 2.70. The lowest BCUT2D eigenvalue weighted by Gasteiger charge is -2.27. The van der Waals surface area contributed by atoms with Crippen LogP contribution in [0.3, 0.4) is 0 Å². The highest BCUT2D eigenvalue weighted by molar-refractivity contribution is 7.10. The molecule has 0 atom stereocenters. The van der Waals surface area contributed by atoms with Gasteiger partial charge in [0.25, 0.3) is 0 Å². The molecule has 16 heavy (non-hydrogen) atoms. The number of hydrogen-bond acceptors (Lipinski definition) is 2. The molecule has 0 N–H and O–H groups in total. The largest absolute Gasteiger partial charge is 0.295 e. The van der Waals surface area contributed by atoms with E-state index in [0.717, 1.165) is 12.0 Å². The molecule has 84 valence electrons. The van der Waals surface area contributed by atoms with Gasteiger partial charge in [-0.3, -0.25) is 4.79 Å². The van der Waals surface area contributed by atoms with Crippen molar-refractivity contribution in [3.63, 3.8) is 0 Å². The van der Waals surface area contributed by atoms with Gasteiger partial charge in [-0.25, -0.2) is 0 Å². The summed E-state index contributed by atoms with van der Waals surface area (Å²) in [7, 11) is 0. The van der Waals surface area contributed by atoms with Crippen molar-refractivity contribution in [2.75, 3.05) is 0 Å². The lowest BCUT2D eigenvalue weighted by Crippen LogP contribution is -2.21. The first-order chi connectivity index (χ1) is 7.55. The average molecular weight is 232 g/mol. The molecular formula is C14H16OS. The zero-order chi connectivity index (χ0) is 11.6. The number of ketones is 1. The summed E-state index contributed by atoms with van der Waals surface area (Å²) in [6.07, 6.45) is 7.61. The number of carbonyl (C=O) groups excluding carboxylic acids is 1. The molecule has 0 saturated carbocycles. The summed E-state index contributed by atoms with van der Waals surface area (Å²) in [6.45, 7) is 4.30. The van der Waals surface area contributed by atoms with Gasteiger partial charge in [-0.15, -0.1) is 11.3 Å². The predicted octanol–water partition coefficient (Wildman–Crippen LogP) is 4.08. The Morgan fingerprint density at radius 1 is 1.31 bits per heavy atom. The van der Waals surface area contributed by atoms with E-state index in [2.05, 4.69) is 37.4 Å². The van der Waals surface area contributed by atoms with Crippen molar-refractivity contribution < 1.29 is 4.79 Å². The summed E-state index contributed by atoms with van der Waals surface area (Å²) in [5.41, 5.74) is 1.26. The fourth-order valence-electron chi connectivity index (χ4n) is 2.08. The zero-order valence-electron chi connectivity index (χ0n) is 9.69. The van der Waals surface area contributed by atoms with E-state index in [1.807, 2.05) is 6.07 Å². The van der Waals surface area contributed by atoms with E-state index in [0.29, 0.717) is 6.42 Å². The van der Waals surface area contributed by atoms with Gasteiger partial charge in [0.1, 0.15) is 0 Å². The quantitative estimate of drug-likeness (QED) is 0.751. The fraction of sp³-hybridized carbons (Fsp3) is 0.357. The maximum absolute atomic E-state index is 11.5. The molecule has 0 radical (unpaired) electrons. The van der Waals surface area contributed by atoms with Crippen LogP contribution in [0.15, 0.2) is 35.2 Å². The van der Waals surface area contributed by atoms with Gasteiger partial charge >= 0.3 is 0 Å². The van der Waals surface area contributed by atoms with Crippen LogP contribution in [0.2, 0.25) is 0 Å². The van der Waals surface area contributed by atoms with Crippen LogP contribution in [0, 0.1) is 5.41 Å². The average Bonchev–Trinajstić information content (AvgIpc) is 2.63. The van der Waals surface area contributed by atoms with Crippen molar-refractivity contribution in [1.82, 2.24) is 0 Å². The first-order valence-corrected chi connectivity index (χ1v) is 6.38. The first-order valence-electron chi connectivity index (χ1n) is 5.50. The molecule has 0 unspecified atom stereocenters. The summed E-state index contributed by atoms with van der Waals surface area (Å²) in [6, 6.07) is 4.12. The second-order valence-electron chi connectivity index (χ2n) is 5.05. The summed E-state index contributed by atoms with van der Waals surface area (Å²) in [5, 5.41) is 2.06. The Bertz CT molecular complexity index is 435. The Morgan fingerprint density at radius 3 is 2.75 bits per heavy atom. The Hall–Kier alpha value is -1.15. The van der Waals surface area contributed by atoms with E-state index in [1.165, 1.54) is 4.88 Å². The molecule has 2 rings (SSSR count). The van der Waals surface area contributed by atoms with Crippen LogP contribution < -0.4 is 0 Å². The van der Waals surface area contributed by atoms with E-state index in [9.17, 15) is 4.79 Å². The summed E-state index contributed by atoms with van der Waals surface area (Å²) >= 11 is 1.71. The molecule has 1 aromatic rings. The number of thiophene rings is 1. The molecule has 0 spiro atoms. The number of hydrogen-bond donors (Lipinski definition) is 0. The Labute approximate surface area is 100 Å². The highest BCUT2D eigenvalue weighted by Gasteiger charge is 2.26. The lowest BCUT2D eigenvalue weighted by atomic mass is 9.77. The molecule has 0 aromatic carbocycles. The van der Waals surface area contributed by atoms with Crippen molar-refractivity contribution in [2.45, 2.75) is 26.7 Å². The standard InChI is InChI=1S/C14H16OS/c1-14(2)9-11(8-12(15)10-14)5-6-13-4-3-7-16-13/h3-8H,9-10H2,1-2H3. The monoisotopic (exact) mass is 232 g/mol. The highest BCUT2D eigenvalue weighted by Crippen LogP contribution is 2.34. The van der Waals surface area contributed by atoms with Crippen molar-refractivity contribution in [3.05, 3.63) is 40.1 Å². The van der Waals surface area contributed by atoms with Gasteiger partial charge in [-0.05, 0) is 41.0 Å². The first kappa shape index (κ1) is 11.3. The van der Waals surface area contributed by atoms with Crippen molar-refractivity contribution >= 4 is 23.2 Å². The van der Waals surface area contributed by atoms with E-state index in [1.54, 1.807) is 17.4 Å². The Balaban J connectivity index is 2.13. The molecule has 0 aliphatic heterocycles. The number of allylic oxidation sites excluding steroid dienone is 3. The summed E-state index contributed by atoms with van der Waals surface area (Å²) in [5.74, 6) is 0.252. The minimum atomic E-state index is 0.112. The van der Waals surface area contributed by atoms with Gasteiger partial charge in [0.2, 0.25) is 0 Å². The second kappa shape index (κ2) is 4.38. The van der Waals surface area contributed by atoms with Crippen molar-refractivity contribution in [1.29, 1.82) is 0 Å². The van der Waals surface area contributed by atoms with Crippen LogP contribution in [0.25, 0.3) is 6.08 Å². The van der Waals surface area contributed by atoms with Gasteiger partial charge in [-0.2, -0.15) is 0 Å². The lowest BCUT2D eigenvalue weighted by molar-refractivity contribution is -0.116. The Morgan fingerprint density at radius 2 is 2.12 bits per heavy atom. The molecular weight excluding hydrogens is 216 g/mol. The maximum atomic E-state index is 11.5. The van der Waals surface area contributed by atoms with E-state index in [4.69, 9.17) is 0 Å². The third-order valence-electron chi connectivity index (χ3n) is 2.69. The van der Waals surface area contributed by atoms with Gasteiger partial charge in [0.05, 0.1) is 0 Å². The number of rotatable bonds is 2. The second-order valence-corrected chi connectivity index (χ2v) is 6.03. The molecule has 1 aromatic heterocycles. The van der Waals surface area contributed by atoms with E-state index < -0.39 is 0 Å². The van der Waals surface area contributed by atoms with Gasteiger partial charge < -0.3 is 0 Å². The third-order valence-corrected chi connectivity index (χ3v) is 3.52. The normalized spacial score (nSPS) is 20.1. The zero-order valence-corrected chi connectivity index (χ0v) is 10.5. The van der Waals surface area contributed by atoms with Crippen LogP contribution in [0.4, 0.5) is 0 Å². The maximum Gasteiger partial charge on any atom is 0.156 e. The SMILES string of the molecule is CC1(C)CC(=O)C=C(C=Cc2cccs2)C1. The third kappa shape index (κ3) is 2.92. The van der Waals surface area contributed by atoms with Crippen LogP contribution in [0.5, 0.6) is 0 Å². The van der Waals surface area contributed by atoms with Crippen LogP contribution >= 0.6 is 11.3 Å². The molecule has 0 bridgehead atoms. The molecule has 0 fully saturated rings. The molecule has 2 heteroatoms.